The minimum Gasteiger partial charge on any atom is -0.383 e. The first-order valence-corrected chi connectivity index (χ1v) is 7.67. The van der Waals surface area contributed by atoms with Crippen molar-refractivity contribution < 1.29 is 13.5 Å². The van der Waals surface area contributed by atoms with Crippen molar-refractivity contribution in [2.45, 2.75) is 51.9 Å². The average Bonchev–Trinajstić information content (AvgIpc) is 2.69. The molecule has 23 heavy (non-hydrogen) atoms. The molecule has 2 rings (SSSR count). The van der Waals surface area contributed by atoms with Gasteiger partial charge in [-0.3, -0.25) is 4.57 Å². The van der Waals surface area contributed by atoms with Crippen LogP contribution in [-0.4, -0.2) is 34.7 Å². The molecule has 1 aromatic heterocycles. The van der Waals surface area contributed by atoms with Crippen molar-refractivity contribution in [3.05, 3.63) is 22.7 Å². The number of nitrogen functional groups attached to an aromatic ring is 1. The summed E-state index contributed by atoms with van der Waals surface area (Å²) in [6.45, 7) is 7.39. The maximum atomic E-state index is 14.2. The highest BCUT2D eigenvalue weighted by molar-refractivity contribution is 5.23. The number of nitrogens with zero attached hydrogens (tertiary/aromatic N) is 2. The van der Waals surface area contributed by atoms with Crippen LogP contribution < -0.4 is 16.7 Å². The maximum absolute atomic E-state index is 14.2. The van der Waals surface area contributed by atoms with Crippen LogP contribution in [0.3, 0.4) is 0 Å². The van der Waals surface area contributed by atoms with Crippen LogP contribution in [0.4, 0.5) is 14.6 Å². The van der Waals surface area contributed by atoms with Crippen LogP contribution in [0, 0.1) is 5.41 Å². The predicted octanol–water partition coefficient (Wildman–Crippen LogP) is 1.77. The standard InChI is InChI=1S/C15H24F2N4O2/c1-14(2,3)5-6-19-9-10-8-15(16,17)12(23-10)21-7-4-11(18)20-13(21)22/h4,7,10,12,19H,5-6,8-9H2,1-3H3,(H2,18,20,22)/t10-,12+/m0/s1. The molecule has 0 bridgehead atoms. The lowest BCUT2D eigenvalue weighted by Gasteiger charge is -2.20. The first-order chi connectivity index (χ1) is 10.6. The van der Waals surface area contributed by atoms with E-state index in [9.17, 15) is 13.6 Å². The van der Waals surface area contributed by atoms with Gasteiger partial charge in [0, 0.05) is 19.2 Å². The van der Waals surface area contributed by atoms with Crippen molar-refractivity contribution in [3.63, 3.8) is 0 Å². The highest BCUT2D eigenvalue weighted by Gasteiger charge is 2.51. The molecule has 2 heterocycles. The summed E-state index contributed by atoms with van der Waals surface area (Å²) >= 11 is 0. The van der Waals surface area contributed by atoms with E-state index in [0.29, 0.717) is 6.54 Å². The number of hydrogen-bond acceptors (Lipinski definition) is 5. The van der Waals surface area contributed by atoms with Crippen molar-refractivity contribution >= 4 is 5.82 Å². The second-order valence-electron chi connectivity index (χ2n) is 7.13. The first-order valence-electron chi connectivity index (χ1n) is 7.67. The maximum Gasteiger partial charge on any atom is 0.351 e. The number of ether oxygens (including phenoxy) is 1. The van der Waals surface area contributed by atoms with Crippen LogP contribution in [0.2, 0.25) is 0 Å². The predicted molar refractivity (Wildman–Crippen MR) is 83.3 cm³/mol. The molecule has 1 fully saturated rings. The molecule has 0 saturated carbocycles. The molecule has 0 amide bonds. The zero-order valence-corrected chi connectivity index (χ0v) is 13.7. The molecule has 8 heteroatoms. The monoisotopic (exact) mass is 330 g/mol. The fourth-order valence-corrected chi connectivity index (χ4v) is 2.45. The summed E-state index contributed by atoms with van der Waals surface area (Å²) in [5.41, 5.74) is 4.72. The van der Waals surface area contributed by atoms with Crippen molar-refractivity contribution in [3.8, 4) is 0 Å². The summed E-state index contributed by atoms with van der Waals surface area (Å²) < 4.78 is 34.5. The van der Waals surface area contributed by atoms with Gasteiger partial charge >= 0.3 is 5.69 Å². The molecule has 2 atom stereocenters. The number of anilines is 1. The highest BCUT2D eigenvalue weighted by Crippen LogP contribution is 2.41. The number of aromatic nitrogens is 2. The van der Waals surface area contributed by atoms with Gasteiger partial charge < -0.3 is 15.8 Å². The molecule has 0 aliphatic carbocycles. The molecule has 0 aromatic carbocycles. The summed E-state index contributed by atoms with van der Waals surface area (Å²) in [6, 6.07) is 1.30. The smallest absolute Gasteiger partial charge is 0.351 e. The van der Waals surface area contributed by atoms with Crippen molar-refractivity contribution in [1.29, 1.82) is 0 Å². The van der Waals surface area contributed by atoms with E-state index < -0.39 is 30.4 Å². The van der Waals surface area contributed by atoms with Gasteiger partial charge in [0.1, 0.15) is 5.82 Å². The van der Waals surface area contributed by atoms with Crippen LogP contribution >= 0.6 is 0 Å². The SMILES string of the molecule is CC(C)(C)CCNC[C@@H]1CC(F)(F)[C@H](n2ccc(N)nc2=O)O1. The largest absolute Gasteiger partial charge is 0.383 e. The van der Waals surface area contributed by atoms with E-state index in [1.165, 1.54) is 12.3 Å². The molecule has 1 saturated heterocycles. The number of hydrogen-bond donors (Lipinski definition) is 2. The summed E-state index contributed by atoms with van der Waals surface area (Å²) in [5.74, 6) is -3.13. The van der Waals surface area contributed by atoms with Gasteiger partial charge in [-0.25, -0.2) is 13.6 Å². The van der Waals surface area contributed by atoms with Gasteiger partial charge in [-0.05, 0) is 24.4 Å². The van der Waals surface area contributed by atoms with Crippen LogP contribution in [0.5, 0.6) is 0 Å². The van der Waals surface area contributed by atoms with Gasteiger partial charge in [-0.1, -0.05) is 20.8 Å². The molecule has 1 aliphatic rings. The Kier molecular flexibility index (Phi) is 5.05. The number of nitrogens with one attached hydrogen (secondary N) is 1. The number of nitrogens with two attached hydrogens (primary N) is 1. The Morgan fingerprint density at radius 1 is 1.52 bits per heavy atom. The molecule has 130 valence electrons. The Labute approximate surface area is 134 Å². The minimum atomic E-state index is -3.13. The Hall–Kier alpha value is -1.54. The van der Waals surface area contributed by atoms with Gasteiger partial charge in [0.2, 0.25) is 6.23 Å². The topological polar surface area (TPSA) is 82.2 Å². The normalized spacial score (nSPS) is 24.0. The minimum absolute atomic E-state index is 0.00652. The van der Waals surface area contributed by atoms with Gasteiger partial charge in [-0.15, -0.1) is 0 Å². The van der Waals surface area contributed by atoms with Crippen molar-refractivity contribution in [2.75, 3.05) is 18.8 Å². The molecule has 0 spiro atoms. The second-order valence-corrected chi connectivity index (χ2v) is 7.13. The number of alkyl halides is 2. The molecule has 1 aliphatic heterocycles. The van der Waals surface area contributed by atoms with Gasteiger partial charge in [0.25, 0.3) is 5.92 Å². The van der Waals surface area contributed by atoms with E-state index in [2.05, 4.69) is 31.1 Å². The molecule has 0 unspecified atom stereocenters. The van der Waals surface area contributed by atoms with E-state index in [1.54, 1.807) is 0 Å². The highest BCUT2D eigenvalue weighted by atomic mass is 19.3. The first kappa shape index (κ1) is 17.8. The van der Waals surface area contributed by atoms with Crippen LogP contribution in [-0.2, 0) is 4.74 Å². The summed E-state index contributed by atoms with van der Waals surface area (Å²) in [6.07, 6.45) is -0.603. The van der Waals surface area contributed by atoms with E-state index in [4.69, 9.17) is 10.5 Å². The number of halogens is 2. The molecular weight excluding hydrogens is 306 g/mol. The summed E-state index contributed by atoms with van der Waals surface area (Å²) in [5, 5.41) is 3.14. The fraction of sp³-hybridized carbons (Fsp3) is 0.733. The third-order valence-electron chi connectivity index (χ3n) is 3.71. The lowest BCUT2D eigenvalue weighted by atomic mass is 9.92. The lowest BCUT2D eigenvalue weighted by molar-refractivity contribution is -0.116. The Morgan fingerprint density at radius 3 is 2.83 bits per heavy atom. The van der Waals surface area contributed by atoms with Crippen molar-refractivity contribution in [2.24, 2.45) is 5.41 Å². The van der Waals surface area contributed by atoms with Crippen LogP contribution in [0.25, 0.3) is 0 Å². The Bertz CT molecular complexity index is 598. The fourth-order valence-electron chi connectivity index (χ4n) is 2.45. The van der Waals surface area contributed by atoms with Crippen LogP contribution in [0.15, 0.2) is 17.1 Å². The molecular formula is C15H24F2N4O2. The third kappa shape index (κ3) is 4.71. The van der Waals surface area contributed by atoms with Gasteiger partial charge in [0.05, 0.1) is 6.10 Å². The van der Waals surface area contributed by atoms with Gasteiger partial charge in [0.15, 0.2) is 0 Å². The number of rotatable bonds is 5. The summed E-state index contributed by atoms with van der Waals surface area (Å²) in [7, 11) is 0. The Balaban J connectivity index is 1.97. The molecule has 6 nitrogen and oxygen atoms in total. The van der Waals surface area contributed by atoms with Gasteiger partial charge in [-0.2, -0.15) is 4.98 Å². The van der Waals surface area contributed by atoms with E-state index in [-0.39, 0.29) is 11.2 Å². The average molecular weight is 330 g/mol. The summed E-state index contributed by atoms with van der Waals surface area (Å²) in [4.78, 5) is 15.2. The quantitative estimate of drug-likeness (QED) is 0.804. The zero-order chi connectivity index (χ0) is 17.3. The lowest BCUT2D eigenvalue weighted by Crippen LogP contribution is -2.35. The van der Waals surface area contributed by atoms with E-state index in [0.717, 1.165) is 17.5 Å². The molecule has 3 N–H and O–H groups in total. The Morgan fingerprint density at radius 2 is 2.22 bits per heavy atom. The third-order valence-corrected chi connectivity index (χ3v) is 3.71. The van der Waals surface area contributed by atoms with Crippen LogP contribution in [0.1, 0.15) is 39.8 Å². The molecule has 1 aromatic rings. The zero-order valence-electron chi connectivity index (χ0n) is 13.7. The van der Waals surface area contributed by atoms with E-state index >= 15 is 0 Å². The van der Waals surface area contributed by atoms with Crippen molar-refractivity contribution in [1.82, 2.24) is 14.9 Å². The van der Waals surface area contributed by atoms with E-state index in [1.807, 2.05) is 0 Å². The molecule has 0 radical (unpaired) electrons. The second kappa shape index (κ2) is 6.52.